The van der Waals surface area contributed by atoms with Gasteiger partial charge in [0.15, 0.2) is 0 Å². The Morgan fingerprint density at radius 1 is 1.25 bits per heavy atom. The Morgan fingerprint density at radius 3 is 2.60 bits per heavy atom. The predicted molar refractivity (Wildman–Crippen MR) is 76.6 cm³/mol. The standard InChI is InChI=1S/C14H12ClFN2O2/c1-17(9-10-5-2-3-7-12(10)16)13-8-4-6-11(15)14(13)18(19)20/h2-8H,9H2,1H3. The van der Waals surface area contributed by atoms with Crippen LogP contribution in [0.1, 0.15) is 5.56 Å². The van der Waals surface area contributed by atoms with E-state index in [2.05, 4.69) is 0 Å². The summed E-state index contributed by atoms with van der Waals surface area (Å²) < 4.78 is 13.6. The van der Waals surface area contributed by atoms with Crippen molar-refractivity contribution in [3.63, 3.8) is 0 Å². The zero-order valence-electron chi connectivity index (χ0n) is 10.7. The molecule has 0 atom stereocenters. The first-order chi connectivity index (χ1) is 9.50. The second kappa shape index (κ2) is 5.88. The normalized spacial score (nSPS) is 10.3. The smallest absolute Gasteiger partial charge is 0.310 e. The van der Waals surface area contributed by atoms with Gasteiger partial charge in [-0.15, -0.1) is 0 Å². The van der Waals surface area contributed by atoms with Crippen molar-refractivity contribution in [2.24, 2.45) is 0 Å². The van der Waals surface area contributed by atoms with Crippen LogP contribution in [-0.4, -0.2) is 12.0 Å². The number of nitro benzene ring substituents is 1. The topological polar surface area (TPSA) is 46.4 Å². The fourth-order valence-electron chi connectivity index (χ4n) is 1.96. The Kier molecular flexibility index (Phi) is 4.20. The van der Waals surface area contributed by atoms with E-state index in [9.17, 15) is 14.5 Å². The average molecular weight is 295 g/mol. The first kappa shape index (κ1) is 14.3. The molecule has 0 fully saturated rings. The minimum absolute atomic E-state index is 0.0629. The summed E-state index contributed by atoms with van der Waals surface area (Å²) in [6.07, 6.45) is 0. The highest BCUT2D eigenvalue weighted by atomic mass is 35.5. The second-order valence-electron chi connectivity index (χ2n) is 4.31. The van der Waals surface area contributed by atoms with Crippen LogP contribution in [0.4, 0.5) is 15.8 Å². The summed E-state index contributed by atoms with van der Waals surface area (Å²) in [7, 11) is 1.66. The van der Waals surface area contributed by atoms with E-state index in [0.29, 0.717) is 11.3 Å². The molecule has 0 amide bonds. The van der Waals surface area contributed by atoms with Gasteiger partial charge in [0.25, 0.3) is 0 Å². The van der Waals surface area contributed by atoms with Crippen LogP contribution in [0.3, 0.4) is 0 Å². The molecular weight excluding hydrogens is 283 g/mol. The van der Waals surface area contributed by atoms with Crippen molar-refractivity contribution in [2.75, 3.05) is 11.9 Å². The molecule has 0 unspecified atom stereocenters. The van der Waals surface area contributed by atoms with Crippen LogP contribution in [0.2, 0.25) is 5.02 Å². The van der Waals surface area contributed by atoms with Crippen molar-refractivity contribution in [2.45, 2.75) is 6.54 Å². The van der Waals surface area contributed by atoms with E-state index in [1.807, 2.05) is 0 Å². The van der Waals surface area contributed by atoms with Gasteiger partial charge in [0, 0.05) is 19.2 Å². The molecule has 20 heavy (non-hydrogen) atoms. The largest absolute Gasteiger partial charge is 0.365 e. The lowest BCUT2D eigenvalue weighted by Gasteiger charge is -2.19. The number of nitrogens with zero attached hydrogens (tertiary/aromatic N) is 2. The van der Waals surface area contributed by atoms with Crippen molar-refractivity contribution < 1.29 is 9.31 Å². The van der Waals surface area contributed by atoms with Crippen molar-refractivity contribution in [1.82, 2.24) is 0 Å². The van der Waals surface area contributed by atoms with Gasteiger partial charge < -0.3 is 4.90 Å². The summed E-state index contributed by atoms with van der Waals surface area (Å²) >= 11 is 5.86. The Hall–Kier alpha value is -2.14. The average Bonchev–Trinajstić information content (AvgIpc) is 2.40. The van der Waals surface area contributed by atoms with Gasteiger partial charge in [-0.2, -0.15) is 0 Å². The van der Waals surface area contributed by atoms with Gasteiger partial charge in [0.05, 0.1) is 4.92 Å². The molecule has 104 valence electrons. The van der Waals surface area contributed by atoms with Crippen LogP contribution in [0.15, 0.2) is 42.5 Å². The van der Waals surface area contributed by atoms with Gasteiger partial charge in [-0.05, 0) is 18.2 Å². The van der Waals surface area contributed by atoms with E-state index < -0.39 is 4.92 Å². The number of nitro groups is 1. The molecule has 0 radical (unpaired) electrons. The molecule has 4 nitrogen and oxygen atoms in total. The lowest BCUT2D eigenvalue weighted by molar-refractivity contribution is -0.384. The third-order valence-corrected chi connectivity index (χ3v) is 3.23. The van der Waals surface area contributed by atoms with Crippen molar-refractivity contribution >= 4 is 23.0 Å². The Morgan fingerprint density at radius 2 is 1.95 bits per heavy atom. The van der Waals surface area contributed by atoms with Crippen LogP contribution in [-0.2, 0) is 6.54 Å². The zero-order chi connectivity index (χ0) is 14.7. The van der Waals surface area contributed by atoms with Gasteiger partial charge in [-0.3, -0.25) is 10.1 Å². The summed E-state index contributed by atoms with van der Waals surface area (Å²) in [5.41, 5.74) is 0.642. The molecule has 0 saturated carbocycles. The highest BCUT2D eigenvalue weighted by Crippen LogP contribution is 2.35. The van der Waals surface area contributed by atoms with Crippen LogP contribution >= 0.6 is 11.6 Å². The van der Waals surface area contributed by atoms with Gasteiger partial charge in [-0.1, -0.05) is 35.9 Å². The number of halogens is 2. The van der Waals surface area contributed by atoms with Gasteiger partial charge >= 0.3 is 5.69 Å². The van der Waals surface area contributed by atoms with Crippen LogP contribution in [0, 0.1) is 15.9 Å². The minimum atomic E-state index is -0.532. The van der Waals surface area contributed by atoms with E-state index in [4.69, 9.17) is 11.6 Å². The molecule has 0 aliphatic heterocycles. The molecule has 0 aliphatic carbocycles. The first-order valence-corrected chi connectivity index (χ1v) is 6.26. The molecule has 0 saturated heterocycles. The molecule has 2 rings (SSSR count). The molecule has 0 bridgehead atoms. The molecule has 0 heterocycles. The first-order valence-electron chi connectivity index (χ1n) is 5.88. The van der Waals surface area contributed by atoms with E-state index in [1.165, 1.54) is 12.1 Å². The van der Waals surface area contributed by atoms with Crippen LogP contribution < -0.4 is 4.90 Å². The molecule has 2 aromatic rings. The fourth-order valence-corrected chi connectivity index (χ4v) is 2.20. The molecule has 0 aliphatic rings. The number of anilines is 1. The van der Waals surface area contributed by atoms with Gasteiger partial charge in [0.1, 0.15) is 16.5 Å². The van der Waals surface area contributed by atoms with E-state index in [-0.39, 0.29) is 23.1 Å². The monoisotopic (exact) mass is 294 g/mol. The number of rotatable bonds is 4. The summed E-state index contributed by atoms with van der Waals surface area (Å²) in [4.78, 5) is 12.2. The Bertz CT molecular complexity index is 649. The van der Waals surface area contributed by atoms with Crippen LogP contribution in [0.5, 0.6) is 0 Å². The number of hydrogen-bond donors (Lipinski definition) is 0. The summed E-state index contributed by atoms with van der Waals surface area (Å²) in [6.45, 7) is 0.216. The minimum Gasteiger partial charge on any atom is -0.365 e. The van der Waals surface area contributed by atoms with Crippen LogP contribution in [0.25, 0.3) is 0 Å². The third-order valence-electron chi connectivity index (χ3n) is 2.92. The maximum absolute atomic E-state index is 13.6. The zero-order valence-corrected chi connectivity index (χ0v) is 11.5. The molecule has 6 heteroatoms. The number of benzene rings is 2. The number of hydrogen-bond acceptors (Lipinski definition) is 3. The highest BCUT2D eigenvalue weighted by molar-refractivity contribution is 6.33. The maximum atomic E-state index is 13.6. The summed E-state index contributed by atoms with van der Waals surface area (Å²) in [5, 5.41) is 11.1. The maximum Gasteiger partial charge on any atom is 0.310 e. The van der Waals surface area contributed by atoms with Crippen molar-refractivity contribution in [3.8, 4) is 0 Å². The number of para-hydroxylation sites is 1. The lowest BCUT2D eigenvalue weighted by Crippen LogP contribution is -2.18. The molecular formula is C14H12ClFN2O2. The predicted octanol–water partition coefficient (Wildman–Crippen LogP) is 4.02. The summed E-state index contributed by atoms with van der Waals surface area (Å²) in [6, 6.07) is 11.0. The molecule has 0 aromatic heterocycles. The van der Waals surface area contributed by atoms with E-state index in [1.54, 1.807) is 42.3 Å². The Labute approximate surface area is 120 Å². The molecule has 0 spiro atoms. The molecule has 2 aromatic carbocycles. The van der Waals surface area contributed by atoms with E-state index in [0.717, 1.165) is 0 Å². The quantitative estimate of drug-likeness (QED) is 0.632. The SMILES string of the molecule is CN(Cc1ccccc1F)c1cccc(Cl)c1[N+](=O)[O-]. The third kappa shape index (κ3) is 2.88. The van der Waals surface area contributed by atoms with Gasteiger partial charge in [-0.25, -0.2) is 4.39 Å². The molecule has 0 N–H and O–H groups in total. The fraction of sp³-hybridized carbons (Fsp3) is 0.143. The van der Waals surface area contributed by atoms with Gasteiger partial charge in [0.2, 0.25) is 0 Å². The van der Waals surface area contributed by atoms with Crippen molar-refractivity contribution in [1.29, 1.82) is 0 Å². The highest BCUT2D eigenvalue weighted by Gasteiger charge is 2.21. The summed E-state index contributed by atoms with van der Waals surface area (Å²) in [5.74, 6) is -0.343. The van der Waals surface area contributed by atoms with E-state index >= 15 is 0 Å². The second-order valence-corrected chi connectivity index (χ2v) is 4.72. The van der Waals surface area contributed by atoms with Crippen molar-refractivity contribution in [3.05, 3.63) is 69.0 Å². The Balaban J connectivity index is 2.35. The lowest BCUT2D eigenvalue weighted by atomic mass is 10.2.